The summed E-state index contributed by atoms with van der Waals surface area (Å²) in [6.45, 7) is 2.73. The summed E-state index contributed by atoms with van der Waals surface area (Å²) in [5.41, 5.74) is 6.62. The van der Waals surface area contributed by atoms with Gasteiger partial charge in [-0.05, 0) is 36.8 Å². The molecule has 0 bridgehead atoms. The van der Waals surface area contributed by atoms with Gasteiger partial charge in [0.1, 0.15) is 5.52 Å². The van der Waals surface area contributed by atoms with Crippen molar-refractivity contribution in [3.63, 3.8) is 0 Å². The number of hydrogen-bond acceptors (Lipinski definition) is 2. The van der Waals surface area contributed by atoms with E-state index in [1.807, 2.05) is 0 Å². The molecule has 0 radical (unpaired) electrons. The first-order valence-corrected chi connectivity index (χ1v) is 6.16. The molecule has 18 heavy (non-hydrogen) atoms. The van der Waals surface area contributed by atoms with Gasteiger partial charge in [-0.3, -0.25) is 0 Å². The monoisotopic (exact) mass is 251 g/mol. The number of hydrogen-bond donors (Lipinski definition) is 1. The van der Waals surface area contributed by atoms with Crippen molar-refractivity contribution in [3.05, 3.63) is 23.8 Å². The fourth-order valence-corrected chi connectivity index (χ4v) is 2.47. The molecule has 0 aliphatic heterocycles. The molecule has 0 atom stereocenters. The maximum absolute atomic E-state index is 13.9. The lowest BCUT2D eigenvalue weighted by Gasteiger charge is -2.15. The molecule has 3 rings (SSSR count). The predicted molar refractivity (Wildman–Crippen MR) is 66.0 cm³/mol. The number of rotatable bonds is 3. The number of nitrogens with two attached hydrogens (primary N) is 1. The van der Waals surface area contributed by atoms with Crippen molar-refractivity contribution in [2.24, 2.45) is 5.41 Å². The minimum absolute atomic E-state index is 0.187. The number of halogens is 2. The summed E-state index contributed by atoms with van der Waals surface area (Å²) >= 11 is 0. The second-order valence-electron chi connectivity index (χ2n) is 5.14. The molecule has 1 aromatic heterocycles. The molecule has 1 fully saturated rings. The third kappa shape index (κ3) is 1.57. The number of anilines is 1. The van der Waals surface area contributed by atoms with Crippen LogP contribution in [-0.2, 0) is 6.54 Å². The average Bonchev–Trinajstić information content (AvgIpc) is 3.06. The molecule has 1 aliphatic carbocycles. The van der Waals surface area contributed by atoms with Gasteiger partial charge >= 0.3 is 0 Å². The molecule has 1 heterocycles. The van der Waals surface area contributed by atoms with Gasteiger partial charge in [-0.2, -0.15) is 0 Å². The summed E-state index contributed by atoms with van der Waals surface area (Å²) in [7, 11) is 0. The van der Waals surface area contributed by atoms with Gasteiger partial charge in [0, 0.05) is 6.54 Å². The molecule has 0 amide bonds. The van der Waals surface area contributed by atoms with Crippen LogP contribution < -0.4 is 5.73 Å². The Morgan fingerprint density at radius 3 is 2.72 bits per heavy atom. The Labute approximate surface area is 104 Å². The minimum atomic E-state index is -0.858. The first-order valence-electron chi connectivity index (χ1n) is 6.16. The Hall–Kier alpha value is -1.65. The molecule has 1 saturated carbocycles. The predicted octanol–water partition coefficient (Wildman–Crippen LogP) is 3.09. The highest BCUT2D eigenvalue weighted by Gasteiger charge is 2.41. The van der Waals surface area contributed by atoms with Gasteiger partial charge in [0.05, 0.1) is 5.52 Å². The zero-order valence-electron chi connectivity index (χ0n) is 10.2. The highest BCUT2D eigenvalue weighted by Crippen LogP contribution is 2.50. The maximum Gasteiger partial charge on any atom is 0.201 e. The third-order valence-corrected chi connectivity index (χ3v) is 4.03. The van der Waals surface area contributed by atoms with Crippen molar-refractivity contribution in [3.8, 4) is 0 Å². The lowest BCUT2D eigenvalue weighted by Crippen LogP contribution is -2.13. The lowest BCUT2D eigenvalue weighted by molar-refractivity contribution is 0.414. The van der Waals surface area contributed by atoms with Crippen LogP contribution in [0, 0.1) is 17.0 Å². The zero-order valence-corrected chi connectivity index (χ0v) is 10.2. The van der Waals surface area contributed by atoms with Crippen LogP contribution in [0.1, 0.15) is 26.2 Å². The SMILES string of the molecule is CCC1(Cn2c(N)nc3ccc(F)c(F)c32)CC1. The summed E-state index contributed by atoms with van der Waals surface area (Å²) in [5.74, 6) is -1.46. The van der Waals surface area contributed by atoms with E-state index in [0.717, 1.165) is 25.3 Å². The van der Waals surface area contributed by atoms with Crippen LogP contribution >= 0.6 is 0 Å². The van der Waals surface area contributed by atoms with Gasteiger partial charge in [-0.25, -0.2) is 13.8 Å². The van der Waals surface area contributed by atoms with Gasteiger partial charge in [-0.15, -0.1) is 0 Å². The van der Waals surface area contributed by atoms with Crippen molar-refractivity contribution in [1.82, 2.24) is 9.55 Å². The number of aromatic nitrogens is 2. The van der Waals surface area contributed by atoms with E-state index >= 15 is 0 Å². The second kappa shape index (κ2) is 3.67. The number of fused-ring (bicyclic) bond motifs is 1. The third-order valence-electron chi connectivity index (χ3n) is 4.03. The smallest absolute Gasteiger partial charge is 0.201 e. The van der Waals surface area contributed by atoms with Gasteiger partial charge in [0.2, 0.25) is 5.95 Å². The average molecular weight is 251 g/mol. The van der Waals surface area contributed by atoms with Gasteiger partial charge in [-0.1, -0.05) is 6.92 Å². The second-order valence-corrected chi connectivity index (χ2v) is 5.14. The molecule has 5 heteroatoms. The van der Waals surface area contributed by atoms with Crippen LogP contribution in [0.25, 0.3) is 11.0 Å². The summed E-state index contributed by atoms with van der Waals surface area (Å²) in [6.07, 6.45) is 3.24. The molecule has 1 aromatic carbocycles. The van der Waals surface area contributed by atoms with E-state index in [-0.39, 0.29) is 16.9 Å². The van der Waals surface area contributed by atoms with E-state index in [2.05, 4.69) is 11.9 Å². The summed E-state index contributed by atoms with van der Waals surface area (Å²) in [4.78, 5) is 4.10. The molecule has 0 saturated heterocycles. The molecule has 3 nitrogen and oxygen atoms in total. The molecular formula is C13H15F2N3. The Kier molecular flexibility index (Phi) is 2.33. The van der Waals surface area contributed by atoms with Crippen LogP contribution in [0.2, 0.25) is 0 Å². The first kappa shape index (κ1) is 11.4. The Morgan fingerprint density at radius 2 is 2.11 bits per heavy atom. The van der Waals surface area contributed by atoms with E-state index < -0.39 is 11.6 Å². The van der Waals surface area contributed by atoms with Gasteiger partial charge in [0.15, 0.2) is 11.6 Å². The number of imidazole rings is 1. The van der Waals surface area contributed by atoms with Crippen molar-refractivity contribution >= 4 is 17.0 Å². The van der Waals surface area contributed by atoms with E-state index in [4.69, 9.17) is 5.73 Å². The first-order chi connectivity index (χ1) is 8.56. The van der Waals surface area contributed by atoms with Crippen molar-refractivity contribution in [1.29, 1.82) is 0 Å². The van der Waals surface area contributed by atoms with Crippen molar-refractivity contribution in [2.45, 2.75) is 32.7 Å². The van der Waals surface area contributed by atoms with Crippen LogP contribution in [0.4, 0.5) is 14.7 Å². The van der Waals surface area contributed by atoms with Crippen LogP contribution in [0.5, 0.6) is 0 Å². The molecule has 2 N–H and O–H groups in total. The molecule has 96 valence electrons. The summed E-state index contributed by atoms with van der Waals surface area (Å²) < 4.78 is 28.8. The molecular weight excluding hydrogens is 236 g/mol. The highest BCUT2D eigenvalue weighted by atomic mass is 19.2. The van der Waals surface area contributed by atoms with E-state index in [1.54, 1.807) is 4.57 Å². The summed E-state index contributed by atoms with van der Waals surface area (Å²) in [6, 6.07) is 2.55. The topological polar surface area (TPSA) is 43.8 Å². The minimum Gasteiger partial charge on any atom is -0.369 e. The zero-order chi connectivity index (χ0) is 12.9. The standard InChI is InChI=1S/C13H15F2N3/c1-2-13(5-6-13)7-18-11-9(17-12(18)16)4-3-8(14)10(11)15/h3-4H,2,5-7H2,1H3,(H2,16,17). The van der Waals surface area contributed by atoms with Crippen molar-refractivity contribution < 1.29 is 8.78 Å². The van der Waals surface area contributed by atoms with Crippen LogP contribution in [0.15, 0.2) is 12.1 Å². The number of nitrogen functional groups attached to an aromatic ring is 1. The Balaban J connectivity index is 2.15. The van der Waals surface area contributed by atoms with E-state index in [1.165, 1.54) is 6.07 Å². The Morgan fingerprint density at radius 1 is 1.39 bits per heavy atom. The fraction of sp³-hybridized carbons (Fsp3) is 0.462. The van der Waals surface area contributed by atoms with Crippen LogP contribution in [-0.4, -0.2) is 9.55 Å². The Bertz CT molecular complexity index is 614. The largest absolute Gasteiger partial charge is 0.369 e. The van der Waals surface area contributed by atoms with Crippen LogP contribution in [0.3, 0.4) is 0 Å². The molecule has 2 aromatic rings. The fourth-order valence-electron chi connectivity index (χ4n) is 2.47. The number of benzene rings is 1. The van der Waals surface area contributed by atoms with Gasteiger partial charge < -0.3 is 10.3 Å². The maximum atomic E-state index is 13.9. The van der Waals surface area contributed by atoms with Crippen molar-refractivity contribution in [2.75, 3.05) is 5.73 Å². The number of nitrogens with zero attached hydrogens (tertiary/aromatic N) is 2. The van der Waals surface area contributed by atoms with Gasteiger partial charge in [0.25, 0.3) is 0 Å². The summed E-state index contributed by atoms with van der Waals surface area (Å²) in [5, 5.41) is 0. The molecule has 0 spiro atoms. The lowest BCUT2D eigenvalue weighted by atomic mass is 10.0. The quantitative estimate of drug-likeness (QED) is 0.911. The molecule has 0 unspecified atom stereocenters. The normalized spacial score (nSPS) is 17.3. The highest BCUT2D eigenvalue weighted by molar-refractivity contribution is 5.79. The van der Waals surface area contributed by atoms with E-state index in [0.29, 0.717) is 12.1 Å². The molecule has 1 aliphatic rings. The van der Waals surface area contributed by atoms with E-state index in [9.17, 15) is 8.78 Å².